The summed E-state index contributed by atoms with van der Waals surface area (Å²) in [4.78, 5) is 13.2. The number of hydrogen-bond acceptors (Lipinski definition) is 5. The highest BCUT2D eigenvalue weighted by molar-refractivity contribution is 5.48. The van der Waals surface area contributed by atoms with Crippen LogP contribution in [0, 0.1) is 6.92 Å². The lowest BCUT2D eigenvalue weighted by molar-refractivity contribution is 0.833. The number of rotatable bonds is 7. The van der Waals surface area contributed by atoms with Crippen LogP contribution >= 0.6 is 0 Å². The average molecular weight is 285 g/mol. The number of anilines is 2. The lowest BCUT2D eigenvalue weighted by Gasteiger charge is -2.11. The van der Waals surface area contributed by atoms with E-state index < -0.39 is 0 Å². The van der Waals surface area contributed by atoms with Crippen molar-refractivity contribution in [1.29, 1.82) is 0 Å². The van der Waals surface area contributed by atoms with Crippen LogP contribution in [0.2, 0.25) is 0 Å². The Morgan fingerprint density at radius 2 is 1.86 bits per heavy atom. The van der Waals surface area contributed by atoms with Gasteiger partial charge in [-0.1, -0.05) is 6.92 Å². The summed E-state index contributed by atoms with van der Waals surface area (Å²) < 4.78 is 0. The normalized spacial score (nSPS) is 10.4. The van der Waals surface area contributed by atoms with Gasteiger partial charge >= 0.3 is 0 Å². The van der Waals surface area contributed by atoms with Crippen LogP contribution in [0.25, 0.3) is 0 Å². The Labute approximate surface area is 126 Å². The molecule has 5 heteroatoms. The second kappa shape index (κ2) is 7.57. The molecule has 0 fully saturated rings. The molecule has 2 rings (SSSR count). The molecule has 2 aromatic rings. The number of nitrogens with zero attached hydrogens (tertiary/aromatic N) is 3. The summed E-state index contributed by atoms with van der Waals surface area (Å²) >= 11 is 0. The fourth-order valence-electron chi connectivity index (χ4n) is 2.06. The topological polar surface area (TPSA) is 62.7 Å². The number of pyridine rings is 1. The Hall–Kier alpha value is -2.17. The first-order valence-corrected chi connectivity index (χ1v) is 7.48. The van der Waals surface area contributed by atoms with Crippen molar-refractivity contribution < 1.29 is 0 Å². The largest absolute Gasteiger partial charge is 0.370 e. The molecule has 0 aromatic carbocycles. The van der Waals surface area contributed by atoms with Crippen molar-refractivity contribution in [1.82, 2.24) is 15.0 Å². The molecule has 0 saturated carbocycles. The number of aryl methyl sites for hydroxylation is 2. The molecule has 112 valence electrons. The molecule has 0 saturated heterocycles. The van der Waals surface area contributed by atoms with E-state index in [2.05, 4.69) is 46.4 Å². The quantitative estimate of drug-likeness (QED) is 0.818. The molecule has 0 bridgehead atoms. The van der Waals surface area contributed by atoms with Gasteiger partial charge in [0.25, 0.3) is 0 Å². The van der Waals surface area contributed by atoms with Gasteiger partial charge in [-0.15, -0.1) is 0 Å². The van der Waals surface area contributed by atoms with Crippen molar-refractivity contribution in [3.05, 3.63) is 41.5 Å². The highest BCUT2D eigenvalue weighted by Crippen LogP contribution is 2.14. The highest BCUT2D eigenvalue weighted by Gasteiger charge is 2.05. The summed E-state index contributed by atoms with van der Waals surface area (Å²) in [5.41, 5.74) is 2.41. The molecule has 21 heavy (non-hydrogen) atoms. The molecule has 0 amide bonds. The van der Waals surface area contributed by atoms with Crippen molar-refractivity contribution in [3.63, 3.8) is 0 Å². The number of hydrogen-bond donors (Lipinski definition) is 2. The Kier molecular flexibility index (Phi) is 5.49. The molecule has 2 aromatic heterocycles. The van der Waals surface area contributed by atoms with Gasteiger partial charge in [0.05, 0.1) is 0 Å². The van der Waals surface area contributed by atoms with Crippen molar-refractivity contribution in [3.8, 4) is 0 Å². The van der Waals surface area contributed by atoms with Crippen LogP contribution in [-0.4, -0.2) is 21.5 Å². The van der Waals surface area contributed by atoms with Crippen LogP contribution in [0.4, 0.5) is 11.6 Å². The minimum absolute atomic E-state index is 0.716. The van der Waals surface area contributed by atoms with Gasteiger partial charge in [-0.3, -0.25) is 4.98 Å². The van der Waals surface area contributed by atoms with Gasteiger partial charge in [-0.2, -0.15) is 0 Å². The lowest BCUT2D eigenvalue weighted by Crippen LogP contribution is -2.08. The van der Waals surface area contributed by atoms with Crippen LogP contribution in [0.15, 0.2) is 24.5 Å². The van der Waals surface area contributed by atoms with E-state index >= 15 is 0 Å². The smallest absolute Gasteiger partial charge is 0.133 e. The predicted molar refractivity (Wildman–Crippen MR) is 86.5 cm³/mol. The van der Waals surface area contributed by atoms with E-state index in [-0.39, 0.29) is 0 Å². The lowest BCUT2D eigenvalue weighted by atomic mass is 10.1. The Morgan fingerprint density at radius 3 is 2.52 bits per heavy atom. The van der Waals surface area contributed by atoms with E-state index in [9.17, 15) is 0 Å². The number of aromatic nitrogens is 3. The second-order valence-electron chi connectivity index (χ2n) is 4.99. The van der Waals surface area contributed by atoms with Gasteiger partial charge in [0.2, 0.25) is 0 Å². The zero-order chi connectivity index (χ0) is 15.1. The third-order valence-electron chi connectivity index (χ3n) is 3.21. The molecule has 0 unspecified atom stereocenters. The molecule has 0 aliphatic heterocycles. The summed E-state index contributed by atoms with van der Waals surface area (Å²) in [6, 6.07) is 3.97. The van der Waals surface area contributed by atoms with Gasteiger partial charge in [0, 0.05) is 38.0 Å². The van der Waals surface area contributed by atoms with Gasteiger partial charge in [-0.25, -0.2) is 9.97 Å². The summed E-state index contributed by atoms with van der Waals surface area (Å²) in [6.07, 6.45) is 5.63. The SMILES string of the molecule is CCCc1nc(NCC)cc(NCc2cnccc2C)n1. The van der Waals surface area contributed by atoms with E-state index in [0.29, 0.717) is 6.54 Å². The van der Waals surface area contributed by atoms with E-state index in [1.165, 1.54) is 11.1 Å². The third kappa shape index (κ3) is 4.41. The molecule has 5 nitrogen and oxygen atoms in total. The maximum absolute atomic E-state index is 4.57. The second-order valence-corrected chi connectivity index (χ2v) is 4.99. The van der Waals surface area contributed by atoms with E-state index in [1.807, 2.05) is 24.5 Å². The third-order valence-corrected chi connectivity index (χ3v) is 3.21. The highest BCUT2D eigenvalue weighted by atomic mass is 15.1. The first-order chi connectivity index (χ1) is 10.2. The fraction of sp³-hybridized carbons (Fsp3) is 0.438. The fourth-order valence-corrected chi connectivity index (χ4v) is 2.06. The molecule has 0 atom stereocenters. The Balaban J connectivity index is 2.13. The maximum atomic E-state index is 4.57. The summed E-state index contributed by atoms with van der Waals surface area (Å²) in [5.74, 6) is 2.61. The predicted octanol–water partition coefficient (Wildman–Crippen LogP) is 3.18. The molecular weight excluding hydrogens is 262 g/mol. The van der Waals surface area contributed by atoms with Gasteiger partial charge < -0.3 is 10.6 Å². The molecule has 0 aliphatic carbocycles. The van der Waals surface area contributed by atoms with Crippen LogP contribution in [0.5, 0.6) is 0 Å². The van der Waals surface area contributed by atoms with Gasteiger partial charge in [0.15, 0.2) is 0 Å². The van der Waals surface area contributed by atoms with E-state index in [1.54, 1.807) is 0 Å². The van der Waals surface area contributed by atoms with E-state index in [0.717, 1.165) is 36.8 Å². The zero-order valence-corrected chi connectivity index (χ0v) is 13.0. The monoisotopic (exact) mass is 285 g/mol. The molecule has 0 aliphatic rings. The zero-order valence-electron chi connectivity index (χ0n) is 13.0. The number of nitrogens with one attached hydrogen (secondary N) is 2. The Bertz CT molecular complexity index is 558. The van der Waals surface area contributed by atoms with Crippen molar-refractivity contribution in [2.75, 3.05) is 17.2 Å². The maximum Gasteiger partial charge on any atom is 0.133 e. The first-order valence-electron chi connectivity index (χ1n) is 7.48. The minimum atomic E-state index is 0.716. The van der Waals surface area contributed by atoms with E-state index in [4.69, 9.17) is 0 Å². The first kappa shape index (κ1) is 15.2. The summed E-state index contributed by atoms with van der Waals surface area (Å²) in [6.45, 7) is 7.85. The summed E-state index contributed by atoms with van der Waals surface area (Å²) in [5, 5.41) is 6.62. The molecule has 2 N–H and O–H groups in total. The average Bonchev–Trinajstić information content (AvgIpc) is 2.47. The Morgan fingerprint density at radius 1 is 1.10 bits per heavy atom. The molecular formula is C16H23N5. The van der Waals surface area contributed by atoms with Crippen LogP contribution in [-0.2, 0) is 13.0 Å². The molecule has 0 radical (unpaired) electrons. The van der Waals surface area contributed by atoms with Gasteiger partial charge in [0.1, 0.15) is 17.5 Å². The summed E-state index contributed by atoms with van der Waals surface area (Å²) in [7, 11) is 0. The standard InChI is InChI=1S/C16H23N5/c1-4-6-14-20-15(18-5-2)9-16(21-14)19-11-13-10-17-8-7-12(13)3/h7-10H,4-6,11H2,1-3H3,(H2,18,19,20,21). The van der Waals surface area contributed by atoms with Crippen LogP contribution in [0.1, 0.15) is 37.2 Å². The van der Waals surface area contributed by atoms with Crippen molar-refractivity contribution >= 4 is 11.6 Å². The van der Waals surface area contributed by atoms with Crippen LogP contribution in [0.3, 0.4) is 0 Å². The minimum Gasteiger partial charge on any atom is -0.370 e. The van der Waals surface area contributed by atoms with Crippen LogP contribution < -0.4 is 10.6 Å². The molecule has 0 spiro atoms. The van der Waals surface area contributed by atoms with Crippen molar-refractivity contribution in [2.24, 2.45) is 0 Å². The molecule has 2 heterocycles. The van der Waals surface area contributed by atoms with Gasteiger partial charge in [-0.05, 0) is 37.5 Å². The van der Waals surface area contributed by atoms with Crippen molar-refractivity contribution in [2.45, 2.75) is 40.2 Å².